The zero-order valence-electron chi connectivity index (χ0n) is 15.1. The van der Waals surface area contributed by atoms with Crippen molar-refractivity contribution >= 4 is 5.97 Å². The molecule has 2 atom stereocenters. The van der Waals surface area contributed by atoms with Crippen molar-refractivity contribution < 1.29 is 15.0 Å². The van der Waals surface area contributed by atoms with Crippen LogP contribution in [0.3, 0.4) is 0 Å². The van der Waals surface area contributed by atoms with Crippen LogP contribution in [0.25, 0.3) is 0 Å². The van der Waals surface area contributed by atoms with Crippen LogP contribution in [0.4, 0.5) is 0 Å². The molecule has 2 N–H and O–H groups in total. The molecule has 0 saturated carbocycles. The first-order valence-corrected chi connectivity index (χ1v) is 9.43. The first-order chi connectivity index (χ1) is 12.6. The van der Waals surface area contributed by atoms with E-state index in [2.05, 4.69) is 4.90 Å². The van der Waals surface area contributed by atoms with Crippen molar-refractivity contribution in [1.82, 2.24) is 4.90 Å². The van der Waals surface area contributed by atoms with E-state index in [4.69, 9.17) is 5.11 Å². The lowest BCUT2D eigenvalue weighted by Crippen LogP contribution is -2.35. The molecule has 2 aromatic rings. The highest BCUT2D eigenvalue weighted by atomic mass is 16.4. The summed E-state index contributed by atoms with van der Waals surface area (Å²) in [5.41, 5.74) is 2.42. The van der Waals surface area contributed by atoms with E-state index in [9.17, 15) is 9.90 Å². The largest absolute Gasteiger partial charge is 0.478 e. The highest BCUT2D eigenvalue weighted by molar-refractivity contribution is 5.87. The van der Waals surface area contributed by atoms with E-state index < -0.39 is 12.1 Å². The molecule has 1 aliphatic rings. The Morgan fingerprint density at radius 1 is 1.04 bits per heavy atom. The predicted molar refractivity (Wildman–Crippen MR) is 102 cm³/mol. The second kappa shape index (κ2) is 8.97. The molecule has 0 bridgehead atoms. The fraction of sp³-hybridized carbons (Fsp3) is 0.409. The first-order valence-electron chi connectivity index (χ1n) is 9.43. The van der Waals surface area contributed by atoms with Crippen molar-refractivity contribution in [2.75, 3.05) is 6.54 Å². The van der Waals surface area contributed by atoms with Gasteiger partial charge in [-0.15, -0.1) is 0 Å². The number of aromatic carboxylic acids is 1. The van der Waals surface area contributed by atoms with Gasteiger partial charge in [0.2, 0.25) is 0 Å². The second-order valence-corrected chi connectivity index (χ2v) is 7.14. The standard InChI is InChI=1S/C22H27NO3/c24-21(18-7-3-1-4-8-18)15-20-9-5-2-6-14-23(20)16-17-10-12-19(13-11-17)22(25)26/h1,3-4,7-8,10-13,20-21,24H,2,5-6,9,14-16H2,(H,25,26). The maximum Gasteiger partial charge on any atom is 0.335 e. The average molecular weight is 353 g/mol. The quantitative estimate of drug-likeness (QED) is 0.815. The zero-order chi connectivity index (χ0) is 18.4. The van der Waals surface area contributed by atoms with Gasteiger partial charge in [0.25, 0.3) is 0 Å². The molecule has 1 aliphatic heterocycles. The van der Waals surface area contributed by atoms with Crippen LogP contribution < -0.4 is 0 Å². The molecule has 4 heteroatoms. The van der Waals surface area contributed by atoms with Crippen LogP contribution in [0.15, 0.2) is 54.6 Å². The smallest absolute Gasteiger partial charge is 0.335 e. The number of hydrogen-bond acceptors (Lipinski definition) is 3. The molecular formula is C22H27NO3. The van der Waals surface area contributed by atoms with Gasteiger partial charge >= 0.3 is 5.97 Å². The number of rotatable bonds is 6. The Hall–Kier alpha value is -2.17. The Bertz CT molecular complexity index is 699. The fourth-order valence-electron chi connectivity index (χ4n) is 3.77. The third-order valence-corrected chi connectivity index (χ3v) is 5.27. The van der Waals surface area contributed by atoms with Gasteiger partial charge in [-0.25, -0.2) is 4.79 Å². The summed E-state index contributed by atoms with van der Waals surface area (Å²) in [4.78, 5) is 13.5. The molecule has 4 nitrogen and oxygen atoms in total. The number of nitrogens with zero attached hydrogens (tertiary/aromatic N) is 1. The van der Waals surface area contributed by atoms with Crippen molar-refractivity contribution in [3.8, 4) is 0 Å². The summed E-state index contributed by atoms with van der Waals surface area (Å²) in [6.45, 7) is 1.82. The molecule has 0 spiro atoms. The maximum atomic E-state index is 11.0. The number of hydrogen-bond donors (Lipinski definition) is 2. The normalized spacial score (nSPS) is 19.7. The fourth-order valence-corrected chi connectivity index (χ4v) is 3.77. The number of aliphatic hydroxyl groups excluding tert-OH is 1. The van der Waals surface area contributed by atoms with Crippen LogP contribution in [0.5, 0.6) is 0 Å². The summed E-state index contributed by atoms with van der Waals surface area (Å²) >= 11 is 0. The summed E-state index contributed by atoms with van der Waals surface area (Å²) in [5, 5.41) is 19.7. The minimum absolute atomic E-state index is 0.320. The van der Waals surface area contributed by atoms with Gasteiger partial charge in [-0.1, -0.05) is 55.3 Å². The Balaban J connectivity index is 1.69. The Labute approximate surface area is 155 Å². The van der Waals surface area contributed by atoms with E-state index >= 15 is 0 Å². The molecule has 1 saturated heterocycles. The molecular weight excluding hydrogens is 326 g/mol. The summed E-state index contributed by atoms with van der Waals surface area (Å²) in [6, 6.07) is 17.3. The van der Waals surface area contributed by atoms with Gasteiger partial charge in [0, 0.05) is 12.6 Å². The van der Waals surface area contributed by atoms with Crippen molar-refractivity contribution in [2.45, 2.75) is 50.8 Å². The summed E-state index contributed by atoms with van der Waals surface area (Å²) in [7, 11) is 0. The molecule has 0 amide bonds. The third-order valence-electron chi connectivity index (χ3n) is 5.27. The van der Waals surface area contributed by atoms with Gasteiger partial charge in [-0.3, -0.25) is 4.90 Å². The monoisotopic (exact) mass is 353 g/mol. The van der Waals surface area contributed by atoms with Crippen LogP contribution >= 0.6 is 0 Å². The van der Waals surface area contributed by atoms with E-state index in [1.807, 2.05) is 42.5 Å². The van der Waals surface area contributed by atoms with Gasteiger partial charge in [0.1, 0.15) is 0 Å². The molecule has 1 fully saturated rings. The number of aliphatic hydroxyl groups is 1. The van der Waals surface area contributed by atoms with Gasteiger partial charge in [-0.05, 0) is 49.1 Å². The predicted octanol–water partition coefficient (Wildman–Crippen LogP) is 4.25. The molecule has 0 aromatic heterocycles. The molecule has 138 valence electrons. The summed E-state index contributed by atoms with van der Waals surface area (Å²) < 4.78 is 0. The second-order valence-electron chi connectivity index (χ2n) is 7.14. The van der Waals surface area contributed by atoms with Crippen molar-refractivity contribution in [2.24, 2.45) is 0 Å². The van der Waals surface area contributed by atoms with E-state index in [1.165, 1.54) is 19.3 Å². The SMILES string of the molecule is O=C(O)c1ccc(CN2CCCCCC2CC(O)c2ccccc2)cc1. The van der Waals surface area contributed by atoms with Gasteiger partial charge in [0.05, 0.1) is 11.7 Å². The minimum Gasteiger partial charge on any atom is -0.478 e. The van der Waals surface area contributed by atoms with Crippen molar-refractivity contribution in [1.29, 1.82) is 0 Å². The van der Waals surface area contributed by atoms with E-state index in [1.54, 1.807) is 12.1 Å². The maximum absolute atomic E-state index is 11.0. The molecule has 3 rings (SSSR count). The lowest BCUT2D eigenvalue weighted by atomic mass is 9.97. The molecule has 0 aliphatic carbocycles. The van der Waals surface area contributed by atoms with Gasteiger partial charge in [-0.2, -0.15) is 0 Å². The highest BCUT2D eigenvalue weighted by Gasteiger charge is 2.24. The van der Waals surface area contributed by atoms with Crippen LogP contribution in [0.2, 0.25) is 0 Å². The number of carboxylic acids is 1. The highest BCUT2D eigenvalue weighted by Crippen LogP contribution is 2.27. The Morgan fingerprint density at radius 3 is 2.46 bits per heavy atom. The van der Waals surface area contributed by atoms with Crippen molar-refractivity contribution in [3.63, 3.8) is 0 Å². The number of carbonyl (C=O) groups is 1. The van der Waals surface area contributed by atoms with Crippen LogP contribution in [-0.2, 0) is 6.54 Å². The zero-order valence-corrected chi connectivity index (χ0v) is 15.1. The third kappa shape index (κ3) is 4.93. The molecule has 26 heavy (non-hydrogen) atoms. The van der Waals surface area contributed by atoms with E-state index in [0.29, 0.717) is 11.6 Å². The van der Waals surface area contributed by atoms with Crippen LogP contribution in [0.1, 0.15) is 59.7 Å². The Kier molecular flexibility index (Phi) is 6.42. The molecule has 2 aromatic carbocycles. The topological polar surface area (TPSA) is 60.8 Å². The van der Waals surface area contributed by atoms with E-state index in [-0.39, 0.29) is 0 Å². The van der Waals surface area contributed by atoms with Crippen LogP contribution in [-0.4, -0.2) is 33.7 Å². The lowest BCUT2D eigenvalue weighted by Gasteiger charge is -2.31. The molecule has 2 unspecified atom stereocenters. The Morgan fingerprint density at radius 2 is 1.77 bits per heavy atom. The lowest BCUT2D eigenvalue weighted by molar-refractivity contribution is 0.0696. The average Bonchev–Trinajstić information content (AvgIpc) is 2.88. The van der Waals surface area contributed by atoms with Gasteiger partial charge < -0.3 is 10.2 Å². The van der Waals surface area contributed by atoms with Gasteiger partial charge in [0.15, 0.2) is 0 Å². The summed E-state index contributed by atoms with van der Waals surface area (Å²) in [5.74, 6) is -0.893. The number of likely N-dealkylation sites (tertiary alicyclic amines) is 1. The molecule has 0 radical (unpaired) electrons. The molecule has 1 heterocycles. The van der Waals surface area contributed by atoms with Crippen molar-refractivity contribution in [3.05, 3.63) is 71.3 Å². The van der Waals surface area contributed by atoms with Crippen LogP contribution in [0, 0.1) is 0 Å². The number of carboxylic acid groups (broad SMARTS) is 1. The summed E-state index contributed by atoms with van der Waals surface area (Å²) in [6.07, 6.45) is 4.98. The first kappa shape index (κ1) is 18.6. The number of benzene rings is 2. The minimum atomic E-state index is -0.893. The van der Waals surface area contributed by atoms with E-state index in [0.717, 1.165) is 37.1 Å².